The van der Waals surface area contributed by atoms with Gasteiger partial charge in [0.15, 0.2) is 0 Å². The van der Waals surface area contributed by atoms with Crippen molar-refractivity contribution < 1.29 is 0 Å². The van der Waals surface area contributed by atoms with Gasteiger partial charge in [-0.25, -0.2) is 4.98 Å². The van der Waals surface area contributed by atoms with Crippen LogP contribution in [0.2, 0.25) is 0 Å². The highest BCUT2D eigenvalue weighted by molar-refractivity contribution is 9.10. The van der Waals surface area contributed by atoms with Gasteiger partial charge in [-0.3, -0.25) is 0 Å². The molecule has 0 amide bonds. The van der Waals surface area contributed by atoms with E-state index in [-0.39, 0.29) is 0 Å². The molecule has 3 heterocycles. The minimum atomic E-state index is 0.655. The molecule has 3 rings (SSSR count). The van der Waals surface area contributed by atoms with Crippen LogP contribution in [-0.4, -0.2) is 30.2 Å². The topological polar surface area (TPSA) is 28.2 Å². The first-order valence-corrected chi connectivity index (χ1v) is 6.15. The van der Waals surface area contributed by atoms with Crippen molar-refractivity contribution >= 4 is 21.7 Å². The van der Waals surface area contributed by atoms with Gasteiger partial charge in [0.1, 0.15) is 5.82 Å². The van der Waals surface area contributed by atoms with Crippen LogP contribution >= 0.6 is 15.9 Å². The summed E-state index contributed by atoms with van der Waals surface area (Å²) in [5.74, 6) is 1.16. The van der Waals surface area contributed by atoms with Crippen molar-refractivity contribution in [3.63, 3.8) is 0 Å². The number of anilines is 1. The molecule has 1 aromatic heterocycles. The number of hydrogen-bond acceptors (Lipinski definition) is 3. The van der Waals surface area contributed by atoms with Gasteiger partial charge >= 0.3 is 0 Å². The Morgan fingerprint density at radius 2 is 2.47 bits per heavy atom. The van der Waals surface area contributed by atoms with Crippen LogP contribution in [0.5, 0.6) is 0 Å². The second kappa shape index (κ2) is 3.46. The summed E-state index contributed by atoms with van der Waals surface area (Å²) in [4.78, 5) is 6.98. The Morgan fingerprint density at radius 3 is 3.07 bits per heavy atom. The summed E-state index contributed by atoms with van der Waals surface area (Å²) in [6.07, 6.45) is 3.17. The molecule has 3 nitrogen and oxygen atoms in total. The SMILES string of the molecule is Cc1cc(Br)cnc1N1CC2CC1CN2. The van der Waals surface area contributed by atoms with Gasteiger partial charge in [0.2, 0.25) is 0 Å². The van der Waals surface area contributed by atoms with Crippen LogP contribution in [0.1, 0.15) is 12.0 Å². The third-order valence-electron chi connectivity index (χ3n) is 3.35. The maximum atomic E-state index is 4.53. The van der Waals surface area contributed by atoms with Gasteiger partial charge in [-0.1, -0.05) is 0 Å². The highest BCUT2D eigenvalue weighted by Crippen LogP contribution is 2.30. The smallest absolute Gasteiger partial charge is 0.131 e. The molecular formula is C11H14BrN3. The van der Waals surface area contributed by atoms with Gasteiger partial charge in [-0.05, 0) is 40.9 Å². The van der Waals surface area contributed by atoms with E-state index in [2.05, 4.69) is 44.1 Å². The predicted molar refractivity (Wildman–Crippen MR) is 64.2 cm³/mol. The average Bonchev–Trinajstić information content (AvgIpc) is 2.78. The zero-order valence-corrected chi connectivity index (χ0v) is 10.3. The van der Waals surface area contributed by atoms with Gasteiger partial charge in [0, 0.05) is 35.8 Å². The Kier molecular flexibility index (Phi) is 2.21. The van der Waals surface area contributed by atoms with Crippen LogP contribution < -0.4 is 10.2 Å². The summed E-state index contributed by atoms with van der Waals surface area (Å²) in [6.45, 7) is 4.36. The molecule has 1 aromatic rings. The normalized spacial score (nSPS) is 28.8. The Labute approximate surface area is 98.0 Å². The zero-order chi connectivity index (χ0) is 10.4. The molecule has 2 atom stereocenters. The number of pyridine rings is 1. The zero-order valence-electron chi connectivity index (χ0n) is 8.70. The third-order valence-corrected chi connectivity index (χ3v) is 3.78. The number of nitrogens with one attached hydrogen (secondary N) is 1. The van der Waals surface area contributed by atoms with Gasteiger partial charge < -0.3 is 10.2 Å². The fourth-order valence-electron chi connectivity index (χ4n) is 2.65. The van der Waals surface area contributed by atoms with Crippen molar-refractivity contribution in [1.82, 2.24) is 10.3 Å². The summed E-state index contributed by atoms with van der Waals surface area (Å²) in [5, 5.41) is 3.51. The van der Waals surface area contributed by atoms with Gasteiger partial charge in [-0.2, -0.15) is 0 Å². The lowest BCUT2D eigenvalue weighted by Gasteiger charge is -2.29. The first kappa shape index (κ1) is 9.60. The van der Waals surface area contributed by atoms with Crippen LogP contribution in [0.4, 0.5) is 5.82 Å². The quantitative estimate of drug-likeness (QED) is 0.840. The van der Waals surface area contributed by atoms with E-state index < -0.39 is 0 Å². The second-order valence-corrected chi connectivity index (χ2v) is 5.36. The molecule has 0 saturated carbocycles. The van der Waals surface area contributed by atoms with E-state index >= 15 is 0 Å². The monoisotopic (exact) mass is 267 g/mol. The minimum Gasteiger partial charge on any atom is -0.351 e. The highest BCUT2D eigenvalue weighted by Gasteiger charge is 2.38. The molecule has 1 N–H and O–H groups in total. The van der Waals surface area contributed by atoms with Crippen molar-refractivity contribution in [2.24, 2.45) is 0 Å². The summed E-state index contributed by atoms with van der Waals surface area (Å²) in [5.41, 5.74) is 1.26. The van der Waals surface area contributed by atoms with Crippen molar-refractivity contribution in [3.05, 3.63) is 22.3 Å². The molecule has 15 heavy (non-hydrogen) atoms. The van der Waals surface area contributed by atoms with E-state index in [1.54, 1.807) is 0 Å². The molecule has 4 heteroatoms. The lowest BCUT2D eigenvalue weighted by atomic mass is 10.2. The number of halogens is 1. The molecular weight excluding hydrogens is 254 g/mol. The first-order valence-electron chi connectivity index (χ1n) is 5.36. The standard InChI is InChI=1S/C11H14BrN3/c1-7-2-8(12)4-14-11(7)15-6-9-3-10(15)5-13-9/h2,4,9-10,13H,3,5-6H2,1H3. The highest BCUT2D eigenvalue weighted by atomic mass is 79.9. The number of aryl methyl sites for hydroxylation is 1. The number of piperazine rings is 1. The molecule has 0 aliphatic carbocycles. The fraction of sp³-hybridized carbons (Fsp3) is 0.545. The van der Waals surface area contributed by atoms with Crippen LogP contribution in [0, 0.1) is 6.92 Å². The largest absolute Gasteiger partial charge is 0.351 e. The van der Waals surface area contributed by atoms with E-state index in [1.165, 1.54) is 12.0 Å². The molecule has 2 saturated heterocycles. The van der Waals surface area contributed by atoms with Crippen molar-refractivity contribution in [3.8, 4) is 0 Å². The summed E-state index contributed by atoms with van der Waals surface area (Å²) < 4.78 is 1.06. The van der Waals surface area contributed by atoms with Gasteiger partial charge in [0.25, 0.3) is 0 Å². The molecule has 2 unspecified atom stereocenters. The number of rotatable bonds is 1. The Balaban J connectivity index is 1.93. The van der Waals surface area contributed by atoms with E-state index in [1.807, 2.05) is 6.20 Å². The molecule has 0 aromatic carbocycles. The lowest BCUT2D eigenvalue weighted by molar-refractivity contribution is 0.575. The molecule has 80 valence electrons. The Hall–Kier alpha value is -0.610. The molecule has 0 radical (unpaired) electrons. The molecule has 2 aliphatic heterocycles. The van der Waals surface area contributed by atoms with Crippen molar-refractivity contribution in [1.29, 1.82) is 0 Å². The number of fused-ring (bicyclic) bond motifs is 2. The van der Waals surface area contributed by atoms with E-state index in [9.17, 15) is 0 Å². The van der Waals surface area contributed by atoms with Crippen LogP contribution in [0.25, 0.3) is 0 Å². The Bertz CT molecular complexity index is 393. The summed E-state index contributed by atoms with van der Waals surface area (Å²) in [6, 6.07) is 3.48. The number of hydrogen-bond donors (Lipinski definition) is 1. The predicted octanol–water partition coefficient (Wildman–Crippen LogP) is 1.70. The molecule has 2 fully saturated rings. The Morgan fingerprint density at radius 1 is 1.60 bits per heavy atom. The summed E-state index contributed by atoms with van der Waals surface area (Å²) in [7, 11) is 0. The first-order chi connectivity index (χ1) is 7.24. The van der Waals surface area contributed by atoms with Gasteiger partial charge in [0.05, 0.1) is 0 Å². The van der Waals surface area contributed by atoms with E-state index in [4.69, 9.17) is 0 Å². The second-order valence-electron chi connectivity index (χ2n) is 4.44. The fourth-order valence-corrected chi connectivity index (χ4v) is 3.10. The summed E-state index contributed by atoms with van der Waals surface area (Å²) >= 11 is 3.45. The van der Waals surface area contributed by atoms with Crippen molar-refractivity contribution in [2.45, 2.75) is 25.4 Å². The maximum absolute atomic E-state index is 4.53. The molecule has 2 bridgehead atoms. The van der Waals surface area contributed by atoms with Crippen LogP contribution in [0.15, 0.2) is 16.7 Å². The van der Waals surface area contributed by atoms with E-state index in [0.29, 0.717) is 12.1 Å². The third kappa shape index (κ3) is 1.56. The van der Waals surface area contributed by atoms with Crippen LogP contribution in [0.3, 0.4) is 0 Å². The number of nitrogens with zero attached hydrogens (tertiary/aromatic N) is 2. The average molecular weight is 268 g/mol. The van der Waals surface area contributed by atoms with Crippen molar-refractivity contribution in [2.75, 3.05) is 18.0 Å². The molecule has 2 aliphatic rings. The van der Waals surface area contributed by atoms with E-state index in [0.717, 1.165) is 23.4 Å². The lowest BCUT2D eigenvalue weighted by Crippen LogP contribution is -2.44. The minimum absolute atomic E-state index is 0.655. The maximum Gasteiger partial charge on any atom is 0.131 e. The molecule has 0 spiro atoms. The van der Waals surface area contributed by atoms with Gasteiger partial charge in [-0.15, -0.1) is 0 Å². The number of aromatic nitrogens is 1. The van der Waals surface area contributed by atoms with Crippen LogP contribution in [-0.2, 0) is 0 Å².